The molecule has 0 saturated heterocycles. The van der Waals surface area contributed by atoms with E-state index in [9.17, 15) is 5.11 Å². The van der Waals surface area contributed by atoms with Crippen molar-refractivity contribution in [3.8, 4) is 5.75 Å². The first kappa shape index (κ1) is 13.4. The van der Waals surface area contributed by atoms with Crippen LogP contribution in [-0.2, 0) is 11.2 Å². The Kier molecular flexibility index (Phi) is 4.25. The number of rotatable bonds is 5. The smallest absolute Gasteiger partial charge is 0.119 e. The van der Waals surface area contributed by atoms with Crippen molar-refractivity contribution in [3.05, 3.63) is 29.3 Å². The van der Waals surface area contributed by atoms with Crippen molar-refractivity contribution in [2.45, 2.75) is 38.8 Å². The Morgan fingerprint density at radius 3 is 2.89 bits per heavy atom. The lowest BCUT2D eigenvalue weighted by Crippen LogP contribution is -2.36. The van der Waals surface area contributed by atoms with E-state index in [-0.39, 0.29) is 0 Å². The summed E-state index contributed by atoms with van der Waals surface area (Å²) in [5, 5.41) is 9.90. The second kappa shape index (κ2) is 5.72. The van der Waals surface area contributed by atoms with E-state index in [4.69, 9.17) is 4.74 Å². The number of benzene rings is 1. The summed E-state index contributed by atoms with van der Waals surface area (Å²) in [6.07, 6.45) is 2.07. The zero-order chi connectivity index (χ0) is 13.1. The molecular weight excluding hydrogens is 226 g/mol. The lowest BCUT2D eigenvalue weighted by Gasteiger charge is -2.33. The predicted octanol–water partition coefficient (Wildman–Crippen LogP) is 2.74. The minimum atomic E-state index is 0.419. The quantitative estimate of drug-likeness (QED) is 0.871. The molecule has 0 heterocycles. The molecule has 100 valence electrons. The van der Waals surface area contributed by atoms with Gasteiger partial charge in [0.1, 0.15) is 5.75 Å². The summed E-state index contributed by atoms with van der Waals surface area (Å²) in [5.41, 5.74) is 2.42. The number of nitrogens with zero attached hydrogens (tertiary/aromatic N) is 1. The molecule has 1 atom stereocenters. The standard InChI is InChI=1S/C15H23NO2/c1-11(2)16(9-10-18-3)14-8-7-13-12(14)5-4-6-15(13)17/h4-6,11,14,17H,7-10H2,1-3H3. The molecule has 3 heteroatoms. The Morgan fingerprint density at radius 2 is 2.22 bits per heavy atom. The molecular formula is C15H23NO2. The van der Waals surface area contributed by atoms with Crippen LogP contribution in [-0.4, -0.2) is 36.3 Å². The summed E-state index contributed by atoms with van der Waals surface area (Å²) < 4.78 is 5.20. The molecule has 0 bridgehead atoms. The second-order valence-electron chi connectivity index (χ2n) is 5.22. The molecule has 1 unspecified atom stereocenters. The molecule has 0 spiro atoms. The topological polar surface area (TPSA) is 32.7 Å². The highest BCUT2D eigenvalue weighted by Gasteiger charge is 2.30. The van der Waals surface area contributed by atoms with Crippen molar-refractivity contribution < 1.29 is 9.84 Å². The van der Waals surface area contributed by atoms with Crippen LogP contribution in [0.15, 0.2) is 18.2 Å². The van der Waals surface area contributed by atoms with Crippen molar-refractivity contribution in [2.24, 2.45) is 0 Å². The van der Waals surface area contributed by atoms with E-state index < -0.39 is 0 Å². The van der Waals surface area contributed by atoms with Gasteiger partial charge in [-0.25, -0.2) is 0 Å². The van der Waals surface area contributed by atoms with E-state index in [1.807, 2.05) is 6.07 Å². The summed E-state index contributed by atoms with van der Waals surface area (Å²) in [7, 11) is 1.74. The number of fused-ring (bicyclic) bond motifs is 1. The number of phenolic OH excluding ortho intramolecular Hbond substituents is 1. The number of hydrogen-bond donors (Lipinski definition) is 1. The largest absolute Gasteiger partial charge is 0.508 e. The van der Waals surface area contributed by atoms with Crippen LogP contribution in [0, 0.1) is 0 Å². The van der Waals surface area contributed by atoms with Crippen LogP contribution in [0.2, 0.25) is 0 Å². The molecule has 0 fully saturated rings. The zero-order valence-corrected chi connectivity index (χ0v) is 11.5. The van der Waals surface area contributed by atoms with Gasteiger partial charge in [0, 0.05) is 25.7 Å². The molecule has 2 rings (SSSR count). The highest BCUT2D eigenvalue weighted by atomic mass is 16.5. The highest BCUT2D eigenvalue weighted by molar-refractivity contribution is 5.44. The van der Waals surface area contributed by atoms with Crippen LogP contribution in [0.3, 0.4) is 0 Å². The van der Waals surface area contributed by atoms with Gasteiger partial charge in [0.25, 0.3) is 0 Å². The number of hydrogen-bond acceptors (Lipinski definition) is 3. The molecule has 0 aromatic heterocycles. The van der Waals surface area contributed by atoms with Crippen LogP contribution in [0.5, 0.6) is 5.75 Å². The normalized spacial score (nSPS) is 18.6. The molecule has 1 aliphatic rings. The van der Waals surface area contributed by atoms with Crippen molar-refractivity contribution in [3.63, 3.8) is 0 Å². The van der Waals surface area contributed by atoms with Gasteiger partial charge in [0.15, 0.2) is 0 Å². The maximum Gasteiger partial charge on any atom is 0.119 e. The van der Waals surface area contributed by atoms with Gasteiger partial charge < -0.3 is 9.84 Å². The van der Waals surface area contributed by atoms with E-state index in [0.717, 1.165) is 31.6 Å². The Bertz CT molecular complexity index is 403. The monoisotopic (exact) mass is 249 g/mol. The Labute approximate surface area is 109 Å². The minimum absolute atomic E-state index is 0.419. The number of aromatic hydroxyl groups is 1. The maximum absolute atomic E-state index is 9.90. The van der Waals surface area contributed by atoms with E-state index in [1.165, 1.54) is 5.56 Å². The molecule has 3 nitrogen and oxygen atoms in total. The molecule has 0 amide bonds. The van der Waals surface area contributed by atoms with Gasteiger partial charge in [-0.05, 0) is 43.9 Å². The summed E-state index contributed by atoms with van der Waals surface area (Å²) in [6, 6.07) is 6.78. The molecule has 0 saturated carbocycles. The summed E-state index contributed by atoms with van der Waals surface area (Å²) in [4.78, 5) is 2.47. The van der Waals surface area contributed by atoms with Crippen LogP contribution in [0.25, 0.3) is 0 Å². The van der Waals surface area contributed by atoms with E-state index >= 15 is 0 Å². The number of methoxy groups -OCH3 is 1. The molecule has 18 heavy (non-hydrogen) atoms. The first-order chi connectivity index (χ1) is 8.65. The second-order valence-corrected chi connectivity index (χ2v) is 5.22. The van der Waals surface area contributed by atoms with Gasteiger partial charge in [0.05, 0.1) is 6.61 Å². The Hall–Kier alpha value is -1.06. The average Bonchev–Trinajstić information content (AvgIpc) is 2.75. The molecule has 1 aliphatic carbocycles. The molecule has 1 N–H and O–H groups in total. The van der Waals surface area contributed by atoms with E-state index in [2.05, 4.69) is 24.8 Å². The third-order valence-electron chi connectivity index (χ3n) is 3.83. The molecule has 1 aromatic rings. The van der Waals surface area contributed by atoms with Crippen LogP contribution < -0.4 is 0 Å². The third kappa shape index (κ3) is 2.52. The Balaban J connectivity index is 2.22. The van der Waals surface area contributed by atoms with Gasteiger partial charge in [-0.2, -0.15) is 0 Å². The van der Waals surface area contributed by atoms with Crippen LogP contribution >= 0.6 is 0 Å². The fraction of sp³-hybridized carbons (Fsp3) is 0.600. The van der Waals surface area contributed by atoms with Gasteiger partial charge in [-0.15, -0.1) is 0 Å². The van der Waals surface area contributed by atoms with Gasteiger partial charge in [-0.3, -0.25) is 4.90 Å². The van der Waals surface area contributed by atoms with Gasteiger partial charge >= 0.3 is 0 Å². The Morgan fingerprint density at radius 1 is 1.44 bits per heavy atom. The number of ether oxygens (including phenoxy) is 1. The lowest BCUT2D eigenvalue weighted by atomic mass is 10.0. The van der Waals surface area contributed by atoms with Crippen LogP contribution in [0.4, 0.5) is 0 Å². The fourth-order valence-corrected chi connectivity index (χ4v) is 2.93. The first-order valence-electron chi connectivity index (χ1n) is 6.70. The van der Waals surface area contributed by atoms with E-state index in [1.54, 1.807) is 13.2 Å². The third-order valence-corrected chi connectivity index (χ3v) is 3.83. The molecule has 0 radical (unpaired) electrons. The maximum atomic E-state index is 9.90. The van der Waals surface area contributed by atoms with Crippen molar-refractivity contribution in [2.75, 3.05) is 20.3 Å². The first-order valence-corrected chi connectivity index (χ1v) is 6.70. The average molecular weight is 249 g/mol. The van der Waals surface area contributed by atoms with Crippen molar-refractivity contribution >= 4 is 0 Å². The van der Waals surface area contributed by atoms with Crippen molar-refractivity contribution in [1.29, 1.82) is 0 Å². The highest BCUT2D eigenvalue weighted by Crippen LogP contribution is 2.40. The number of phenols is 1. The summed E-state index contributed by atoms with van der Waals surface area (Å²) in [6.45, 7) is 6.13. The molecule has 0 aliphatic heterocycles. The SMILES string of the molecule is COCCN(C(C)C)C1CCc2c(O)cccc21. The molecule has 1 aromatic carbocycles. The van der Waals surface area contributed by atoms with Crippen LogP contribution in [0.1, 0.15) is 37.4 Å². The summed E-state index contributed by atoms with van der Waals surface area (Å²) >= 11 is 0. The summed E-state index contributed by atoms with van der Waals surface area (Å²) in [5.74, 6) is 0.449. The van der Waals surface area contributed by atoms with Gasteiger partial charge in [0.2, 0.25) is 0 Å². The fourth-order valence-electron chi connectivity index (χ4n) is 2.93. The lowest BCUT2D eigenvalue weighted by molar-refractivity contribution is 0.0955. The minimum Gasteiger partial charge on any atom is -0.508 e. The predicted molar refractivity (Wildman–Crippen MR) is 72.9 cm³/mol. The zero-order valence-electron chi connectivity index (χ0n) is 11.5. The van der Waals surface area contributed by atoms with E-state index in [0.29, 0.717) is 17.8 Å². The van der Waals surface area contributed by atoms with Gasteiger partial charge in [-0.1, -0.05) is 12.1 Å². The van der Waals surface area contributed by atoms with Crippen molar-refractivity contribution in [1.82, 2.24) is 4.90 Å².